The van der Waals surface area contributed by atoms with Gasteiger partial charge in [0.15, 0.2) is 11.0 Å². The fourth-order valence-corrected chi connectivity index (χ4v) is 6.71. The van der Waals surface area contributed by atoms with Crippen LogP contribution in [0.1, 0.15) is 57.6 Å². The topological polar surface area (TPSA) is 84.6 Å². The van der Waals surface area contributed by atoms with Crippen molar-refractivity contribution in [1.29, 1.82) is 0 Å². The van der Waals surface area contributed by atoms with Crippen LogP contribution < -0.4 is 15.0 Å². The molecule has 1 aromatic heterocycles. The van der Waals surface area contributed by atoms with Crippen LogP contribution in [0, 0.1) is 11.7 Å². The molecular weight excluding hydrogens is 644 g/mol. The molecule has 0 aliphatic carbocycles. The van der Waals surface area contributed by atoms with E-state index in [1.807, 2.05) is 38.1 Å². The van der Waals surface area contributed by atoms with Crippen molar-refractivity contribution >= 4 is 28.6 Å². The number of halogens is 4. The molecule has 8 nitrogen and oxygen atoms in total. The number of carbonyl (C=O) groups excluding carboxylic acids is 1. The number of aliphatic imine (C=N–C) groups is 1. The van der Waals surface area contributed by atoms with Gasteiger partial charge < -0.3 is 15.0 Å². The maximum absolute atomic E-state index is 14.1. The minimum absolute atomic E-state index is 0.113. The van der Waals surface area contributed by atoms with Crippen molar-refractivity contribution in [2.75, 3.05) is 17.2 Å². The second-order valence-electron chi connectivity index (χ2n) is 12.2. The summed E-state index contributed by atoms with van der Waals surface area (Å²) >= 11 is 1.54. The molecule has 48 heavy (non-hydrogen) atoms. The van der Waals surface area contributed by atoms with Gasteiger partial charge in [0.1, 0.15) is 17.9 Å². The molecule has 0 saturated carbocycles. The van der Waals surface area contributed by atoms with Gasteiger partial charge >= 0.3 is 12.4 Å². The number of nitrogens with zero attached hydrogens (tertiary/aromatic N) is 5. The number of aromatic nitrogens is 3. The van der Waals surface area contributed by atoms with Crippen LogP contribution in [-0.2, 0) is 6.42 Å². The fourth-order valence-electron chi connectivity index (χ4n) is 5.51. The molecule has 1 fully saturated rings. The van der Waals surface area contributed by atoms with E-state index in [-0.39, 0.29) is 29.6 Å². The van der Waals surface area contributed by atoms with Gasteiger partial charge in [0.05, 0.1) is 5.69 Å². The number of amidine groups is 1. The zero-order chi connectivity index (χ0) is 34.4. The number of benzene rings is 3. The van der Waals surface area contributed by atoms with E-state index in [4.69, 9.17) is 0 Å². The van der Waals surface area contributed by atoms with E-state index in [0.717, 1.165) is 47.4 Å². The Kier molecular flexibility index (Phi) is 11.1. The minimum atomic E-state index is -4.75. The molecule has 1 aliphatic heterocycles. The highest BCUT2D eigenvalue weighted by atomic mass is 32.2. The van der Waals surface area contributed by atoms with E-state index in [1.54, 1.807) is 12.1 Å². The lowest BCUT2D eigenvalue weighted by atomic mass is 9.97. The van der Waals surface area contributed by atoms with Gasteiger partial charge in [-0.3, -0.25) is 0 Å². The molecule has 4 aromatic rings. The zero-order valence-corrected chi connectivity index (χ0v) is 28.0. The van der Waals surface area contributed by atoms with Crippen molar-refractivity contribution in [3.8, 4) is 22.8 Å². The third-order valence-corrected chi connectivity index (χ3v) is 9.00. The summed E-state index contributed by atoms with van der Waals surface area (Å²) in [5.41, 5.74) is 4.25. The number of carbonyl (C=O) groups is 1. The second kappa shape index (κ2) is 15.2. The zero-order valence-electron chi connectivity index (χ0n) is 27.2. The summed E-state index contributed by atoms with van der Waals surface area (Å²) in [5, 5.41) is 8.02. The molecule has 1 aliphatic rings. The highest BCUT2D eigenvalue weighted by molar-refractivity contribution is 8.14. The molecule has 13 heteroatoms. The number of nitrogens with one attached hydrogen (secondary N) is 1. The molecule has 5 rings (SSSR count). The first kappa shape index (κ1) is 34.9. The second-order valence-corrected chi connectivity index (χ2v) is 13.3. The van der Waals surface area contributed by atoms with Crippen molar-refractivity contribution in [1.82, 2.24) is 20.1 Å². The van der Waals surface area contributed by atoms with Gasteiger partial charge in [0.25, 0.3) is 0 Å². The maximum Gasteiger partial charge on any atom is 0.573 e. The van der Waals surface area contributed by atoms with Gasteiger partial charge in [0.2, 0.25) is 0 Å². The fraction of sp³-hybridized carbons (Fsp3) is 0.371. The Labute approximate surface area is 281 Å². The van der Waals surface area contributed by atoms with E-state index < -0.39 is 6.36 Å². The normalized spacial score (nSPS) is 16.7. The average molecular weight is 683 g/mol. The molecule has 2 unspecified atom stereocenters. The van der Waals surface area contributed by atoms with E-state index in [9.17, 15) is 22.4 Å². The van der Waals surface area contributed by atoms with Crippen molar-refractivity contribution in [2.45, 2.75) is 65.3 Å². The Hall–Kier alpha value is -4.39. The van der Waals surface area contributed by atoms with Crippen molar-refractivity contribution in [3.05, 3.63) is 90.0 Å². The standard InChI is InChI=1S/C35H38F4N6O2S/c1-22(2)30-20-27(36)9-14-31(30)45-24(4)16-18-48-34(45)42-33(46)40-17-15-23(3)19-25-5-7-26(8-6-25)32-41-21-44(43-32)28-10-12-29(13-11-28)47-35(37,38)39/h5-14,20-24H,15-19H2,1-4H3,(H,40,46). The first-order valence-corrected chi connectivity index (χ1v) is 16.8. The predicted molar refractivity (Wildman–Crippen MR) is 181 cm³/mol. The van der Waals surface area contributed by atoms with Crippen LogP contribution in [0.25, 0.3) is 17.1 Å². The SMILES string of the molecule is CC(CCNC(=O)N=C1SCCC(C)N1c1ccc(F)cc1C(C)C)Cc1ccc(-c2ncn(-c3ccc(OC(F)(F)F)cc3)n2)cc1. The lowest BCUT2D eigenvalue weighted by Crippen LogP contribution is -2.42. The first-order chi connectivity index (χ1) is 22.9. The first-order valence-electron chi connectivity index (χ1n) is 15.8. The van der Waals surface area contributed by atoms with Crippen LogP contribution in [-0.4, -0.2) is 50.7 Å². The number of alkyl halides is 3. The van der Waals surface area contributed by atoms with Crippen LogP contribution in [0.3, 0.4) is 0 Å². The number of amides is 2. The Morgan fingerprint density at radius 3 is 2.50 bits per heavy atom. The number of anilines is 1. The Morgan fingerprint density at radius 1 is 1.08 bits per heavy atom. The number of hydrogen-bond donors (Lipinski definition) is 1. The molecule has 2 atom stereocenters. The molecule has 254 valence electrons. The number of hydrogen-bond acceptors (Lipinski definition) is 5. The molecule has 0 radical (unpaired) electrons. The average Bonchev–Trinajstić information content (AvgIpc) is 3.52. The van der Waals surface area contributed by atoms with Crippen LogP contribution in [0.4, 0.5) is 28.0 Å². The van der Waals surface area contributed by atoms with E-state index in [0.29, 0.717) is 29.1 Å². The molecule has 2 heterocycles. The van der Waals surface area contributed by atoms with Gasteiger partial charge in [-0.1, -0.05) is 56.8 Å². The maximum atomic E-state index is 14.1. The van der Waals surface area contributed by atoms with Crippen LogP contribution >= 0.6 is 11.8 Å². The largest absolute Gasteiger partial charge is 0.573 e. The molecular formula is C35H38F4N6O2S. The molecule has 1 N–H and O–H groups in total. The highest BCUT2D eigenvalue weighted by Crippen LogP contribution is 2.35. The van der Waals surface area contributed by atoms with Gasteiger partial charge in [-0.15, -0.1) is 18.3 Å². The van der Waals surface area contributed by atoms with Crippen molar-refractivity contribution < 1.29 is 27.1 Å². The summed E-state index contributed by atoms with van der Waals surface area (Å²) in [7, 11) is 0. The molecule has 1 saturated heterocycles. The minimum Gasteiger partial charge on any atom is -0.406 e. The summed E-state index contributed by atoms with van der Waals surface area (Å²) in [4.78, 5) is 23.7. The molecule has 3 aromatic carbocycles. The predicted octanol–water partition coefficient (Wildman–Crippen LogP) is 8.76. The van der Waals surface area contributed by atoms with Gasteiger partial charge in [0, 0.05) is 29.6 Å². The number of thioether (sulfide) groups is 1. The number of rotatable bonds is 10. The van der Waals surface area contributed by atoms with Crippen LogP contribution in [0.2, 0.25) is 0 Å². The lowest BCUT2D eigenvalue weighted by molar-refractivity contribution is -0.274. The number of ether oxygens (including phenoxy) is 1. The lowest BCUT2D eigenvalue weighted by Gasteiger charge is -2.37. The summed E-state index contributed by atoms with van der Waals surface area (Å²) in [6.07, 6.45) is -0.748. The van der Waals surface area contributed by atoms with Gasteiger partial charge in [-0.05, 0) is 91.6 Å². The molecule has 0 bridgehead atoms. The third kappa shape index (κ3) is 9.15. The van der Waals surface area contributed by atoms with E-state index in [1.165, 1.54) is 53.1 Å². The summed E-state index contributed by atoms with van der Waals surface area (Å²) in [6.45, 7) is 8.76. The van der Waals surface area contributed by atoms with E-state index in [2.05, 4.69) is 43.9 Å². The highest BCUT2D eigenvalue weighted by Gasteiger charge is 2.31. The Balaban J connectivity index is 1.13. The van der Waals surface area contributed by atoms with Crippen molar-refractivity contribution in [2.24, 2.45) is 10.9 Å². The van der Waals surface area contributed by atoms with E-state index >= 15 is 0 Å². The van der Waals surface area contributed by atoms with Gasteiger partial charge in [-0.2, -0.15) is 4.99 Å². The Morgan fingerprint density at radius 2 is 1.81 bits per heavy atom. The smallest absolute Gasteiger partial charge is 0.406 e. The van der Waals surface area contributed by atoms with Gasteiger partial charge in [-0.25, -0.2) is 18.9 Å². The van der Waals surface area contributed by atoms with Crippen molar-refractivity contribution in [3.63, 3.8) is 0 Å². The molecule has 0 spiro atoms. The monoisotopic (exact) mass is 682 g/mol. The summed E-state index contributed by atoms with van der Waals surface area (Å²) in [6, 6.07) is 17.8. The third-order valence-electron chi connectivity index (χ3n) is 8.02. The Bertz CT molecular complexity index is 1720. The quantitative estimate of drug-likeness (QED) is 0.169. The summed E-state index contributed by atoms with van der Waals surface area (Å²) < 4.78 is 56.8. The summed E-state index contributed by atoms with van der Waals surface area (Å²) in [5.74, 6) is 1.16. The number of urea groups is 1. The molecule has 2 amide bonds. The van der Waals surface area contributed by atoms with Crippen LogP contribution in [0.5, 0.6) is 5.75 Å². The van der Waals surface area contributed by atoms with Crippen LogP contribution in [0.15, 0.2) is 78.0 Å².